The Morgan fingerprint density at radius 3 is 2.34 bits per heavy atom. The van der Waals surface area contributed by atoms with Crippen molar-refractivity contribution in [3.8, 4) is 0 Å². The Balaban J connectivity index is 1.16. The van der Waals surface area contributed by atoms with Gasteiger partial charge in [0.2, 0.25) is 12.0 Å². The molecule has 7 atom stereocenters. The molecule has 2 bridgehead atoms. The van der Waals surface area contributed by atoms with Gasteiger partial charge in [-0.15, -0.1) is 0 Å². The first-order valence-electron chi connectivity index (χ1n) is 21.7. The molecule has 0 spiro atoms. The van der Waals surface area contributed by atoms with Gasteiger partial charge < -0.3 is 39.4 Å². The van der Waals surface area contributed by atoms with Crippen molar-refractivity contribution in [1.82, 2.24) is 15.7 Å². The topological polar surface area (TPSA) is 188 Å². The third kappa shape index (κ3) is 9.26. The Labute approximate surface area is 356 Å². The smallest absolute Gasteiger partial charge is 0.348 e. The van der Waals surface area contributed by atoms with E-state index in [0.717, 1.165) is 44.1 Å². The summed E-state index contributed by atoms with van der Waals surface area (Å²) in [6.45, 7) is 8.11. The van der Waals surface area contributed by atoms with Crippen LogP contribution in [0.5, 0.6) is 0 Å². The van der Waals surface area contributed by atoms with Gasteiger partial charge in [-0.05, 0) is 47.7 Å². The average molecular weight is 846 g/mol. The number of unbranched alkanes of at least 4 members (excludes halogenated alkanes) is 4. The van der Waals surface area contributed by atoms with Crippen LogP contribution < -0.4 is 10.6 Å². The molecule has 1 aliphatic carbocycles. The highest BCUT2D eigenvalue weighted by Crippen LogP contribution is 2.58. The van der Waals surface area contributed by atoms with Crippen molar-refractivity contribution >= 4 is 35.8 Å². The number of benzene rings is 2. The summed E-state index contributed by atoms with van der Waals surface area (Å²) in [6, 6.07) is 13.0. The highest BCUT2D eigenvalue weighted by atomic mass is 16.8. The number of hydroxylamine groups is 2. The minimum Gasteiger partial charge on any atom is -0.462 e. The maximum absolute atomic E-state index is 14.9. The lowest BCUT2D eigenvalue weighted by Crippen LogP contribution is -2.69. The number of nitrogens with zero attached hydrogens (tertiary/aromatic N) is 1. The molecule has 5 aliphatic rings. The van der Waals surface area contributed by atoms with Crippen molar-refractivity contribution in [2.75, 3.05) is 19.8 Å². The molecule has 15 heteroatoms. The van der Waals surface area contributed by atoms with E-state index >= 15 is 0 Å². The second-order valence-electron chi connectivity index (χ2n) is 17.6. The maximum atomic E-state index is 14.9. The Bertz CT molecular complexity index is 1980. The zero-order valence-corrected chi connectivity index (χ0v) is 35.5. The summed E-state index contributed by atoms with van der Waals surface area (Å²) in [6.07, 6.45) is 6.14. The van der Waals surface area contributed by atoms with Gasteiger partial charge in [-0.1, -0.05) is 89.8 Å². The second-order valence-corrected chi connectivity index (χ2v) is 17.6. The third-order valence-electron chi connectivity index (χ3n) is 12.5. The van der Waals surface area contributed by atoms with Crippen molar-refractivity contribution < 1.29 is 57.6 Å². The van der Waals surface area contributed by atoms with Gasteiger partial charge in [0.1, 0.15) is 36.4 Å². The zero-order valence-electron chi connectivity index (χ0n) is 35.5. The molecular formula is C46H59N3O12. The van der Waals surface area contributed by atoms with Crippen LogP contribution in [0.1, 0.15) is 113 Å². The van der Waals surface area contributed by atoms with E-state index in [2.05, 4.69) is 24.5 Å². The molecule has 3 N–H and O–H groups in total. The first kappa shape index (κ1) is 44.4. The largest absolute Gasteiger partial charge is 0.462 e. The number of aliphatic hydroxyl groups is 1. The highest BCUT2D eigenvalue weighted by Gasteiger charge is 2.76. The van der Waals surface area contributed by atoms with Crippen LogP contribution in [0, 0.1) is 10.8 Å². The Morgan fingerprint density at radius 1 is 0.918 bits per heavy atom. The molecule has 15 nitrogen and oxygen atoms in total. The minimum atomic E-state index is -1.42. The number of ether oxygens (including phenoxy) is 5. The molecule has 2 amide bonds. The summed E-state index contributed by atoms with van der Waals surface area (Å²) in [7, 11) is 0. The molecule has 0 radical (unpaired) electrons. The Hall–Kier alpha value is -4.67. The molecule has 0 unspecified atom stereocenters. The molecule has 4 saturated heterocycles. The molecule has 2 aromatic rings. The van der Waals surface area contributed by atoms with E-state index in [1.54, 1.807) is 50.3 Å². The molecule has 1 saturated carbocycles. The van der Waals surface area contributed by atoms with Gasteiger partial charge in [-0.2, -0.15) is 5.06 Å². The minimum absolute atomic E-state index is 0.0700. The second kappa shape index (κ2) is 18.7. The van der Waals surface area contributed by atoms with Crippen LogP contribution in [-0.4, -0.2) is 102 Å². The summed E-state index contributed by atoms with van der Waals surface area (Å²) in [5.41, 5.74) is 0.368. The molecule has 7 rings (SSSR count). The molecular weight excluding hydrogens is 787 g/mol. The van der Waals surface area contributed by atoms with Crippen LogP contribution in [0.3, 0.4) is 0 Å². The van der Waals surface area contributed by atoms with Crippen molar-refractivity contribution in [3.63, 3.8) is 0 Å². The van der Waals surface area contributed by atoms with Crippen molar-refractivity contribution in [2.45, 2.75) is 141 Å². The van der Waals surface area contributed by atoms with Crippen molar-refractivity contribution in [2.24, 2.45) is 10.8 Å². The average Bonchev–Trinajstić information content (AvgIpc) is 3.88. The Kier molecular flexibility index (Phi) is 13.6. The molecule has 330 valence electrons. The lowest BCUT2D eigenvalue weighted by atomic mass is 9.62. The monoisotopic (exact) mass is 845 g/mol. The van der Waals surface area contributed by atoms with Gasteiger partial charge in [0, 0.05) is 49.4 Å². The predicted molar refractivity (Wildman–Crippen MR) is 220 cm³/mol. The number of carbonyl (C=O) groups excluding carboxylic acids is 5. The summed E-state index contributed by atoms with van der Waals surface area (Å²) in [5.74, 6) is -3.53. The summed E-state index contributed by atoms with van der Waals surface area (Å²) in [5, 5.41) is 16.4. The van der Waals surface area contributed by atoms with Crippen LogP contribution >= 0.6 is 0 Å². The highest BCUT2D eigenvalue weighted by molar-refractivity contribution is 5.95. The maximum Gasteiger partial charge on any atom is 0.348 e. The molecule has 0 aromatic heterocycles. The van der Waals surface area contributed by atoms with E-state index in [1.165, 1.54) is 11.1 Å². The number of aliphatic hydroxyl groups excluding tert-OH is 1. The van der Waals surface area contributed by atoms with Gasteiger partial charge in [-0.25, -0.2) is 9.59 Å². The van der Waals surface area contributed by atoms with Crippen LogP contribution in [0.15, 0.2) is 54.6 Å². The normalized spacial score (nSPS) is 28.3. The van der Waals surface area contributed by atoms with E-state index in [9.17, 15) is 24.0 Å². The SMILES string of the molecule is CCCCCC1(CCCCC)O[C@@H]2[C@H](O1)[C@H]1ON(Cc3cccc(C=CC(=O)O[C@H]4C(=O)OCC4(C)C)c3)[C@H]3C(=O)O[C@@H]2C[C@@]13C(=O)NCc1cccc(C(=O)NCCO)c1. The predicted octanol–water partition coefficient (Wildman–Crippen LogP) is 4.67. The number of carbonyl (C=O) groups is 5. The fourth-order valence-corrected chi connectivity index (χ4v) is 9.37. The van der Waals surface area contributed by atoms with Gasteiger partial charge in [0.15, 0.2) is 11.8 Å². The van der Waals surface area contributed by atoms with Gasteiger partial charge >= 0.3 is 17.9 Å². The summed E-state index contributed by atoms with van der Waals surface area (Å²) < 4.78 is 30.6. The summed E-state index contributed by atoms with van der Waals surface area (Å²) in [4.78, 5) is 73.6. The summed E-state index contributed by atoms with van der Waals surface area (Å²) >= 11 is 0. The molecule has 4 aliphatic heterocycles. The number of esters is 3. The lowest BCUT2D eigenvalue weighted by molar-refractivity contribution is -0.224. The first-order valence-corrected chi connectivity index (χ1v) is 21.7. The third-order valence-corrected chi connectivity index (χ3v) is 12.5. The lowest BCUT2D eigenvalue weighted by Gasteiger charge is -2.48. The van der Waals surface area contributed by atoms with Gasteiger partial charge in [-0.3, -0.25) is 19.2 Å². The number of cyclic esters (lactones) is 1. The Morgan fingerprint density at radius 2 is 1.64 bits per heavy atom. The standard InChI is InChI=1S/C46H59N3O12/c1-5-7-9-19-45(20-10-8-6-2)59-35-33-25-46(43(55)48-26-30-14-12-16-32(24-30)40(52)47-21-22-50)37(41(53)57-33)49(61-38(46)36(35)60-45)27-31-15-11-13-29(23-31)17-18-34(51)58-39-42(54)56-28-44(39,3)4/h11-18,23-24,33,35-39,50H,5-10,19-22,25-28H2,1-4H3,(H,47,52)(H,48,55)/t33-,35+,36+,37+,38-,39+,46+/m1/s1. The van der Waals surface area contributed by atoms with E-state index in [1.807, 2.05) is 18.2 Å². The van der Waals surface area contributed by atoms with Gasteiger partial charge in [0.25, 0.3) is 5.91 Å². The zero-order chi connectivity index (χ0) is 43.4. The fraction of sp³-hybridized carbons (Fsp3) is 0.587. The van der Waals surface area contributed by atoms with Crippen LogP contribution in [-0.2, 0) is 60.8 Å². The van der Waals surface area contributed by atoms with Crippen molar-refractivity contribution in [1.29, 1.82) is 0 Å². The van der Waals surface area contributed by atoms with Crippen LogP contribution in [0.25, 0.3) is 6.08 Å². The molecule has 61 heavy (non-hydrogen) atoms. The number of hydrogen-bond donors (Lipinski definition) is 3. The van der Waals surface area contributed by atoms with Crippen molar-refractivity contribution in [3.05, 3.63) is 76.9 Å². The van der Waals surface area contributed by atoms with E-state index in [4.69, 9.17) is 33.6 Å². The number of amides is 2. The first-order chi connectivity index (χ1) is 29.3. The number of nitrogens with one attached hydrogen (secondary N) is 2. The van der Waals surface area contributed by atoms with Crippen LogP contribution in [0.2, 0.25) is 0 Å². The quantitative estimate of drug-likeness (QED) is 0.0767. The number of fused-ring (bicyclic) bond motifs is 4. The van der Waals surface area contributed by atoms with Crippen LogP contribution in [0.4, 0.5) is 0 Å². The number of hydrogen-bond acceptors (Lipinski definition) is 13. The molecule has 5 fully saturated rings. The van der Waals surface area contributed by atoms with Gasteiger partial charge in [0.05, 0.1) is 13.2 Å². The molecule has 2 aromatic carbocycles. The van der Waals surface area contributed by atoms with E-state index < -0.39 is 77.0 Å². The van der Waals surface area contributed by atoms with E-state index in [0.29, 0.717) is 29.5 Å². The number of rotatable bonds is 19. The molecule has 4 heterocycles. The van der Waals surface area contributed by atoms with E-state index in [-0.39, 0.29) is 45.2 Å². The fourth-order valence-electron chi connectivity index (χ4n) is 9.37.